The third-order valence-corrected chi connectivity index (χ3v) is 5.64. The zero-order valence-corrected chi connectivity index (χ0v) is 19.2. The van der Waals surface area contributed by atoms with E-state index in [1.54, 1.807) is 36.4 Å². The predicted molar refractivity (Wildman–Crippen MR) is 131 cm³/mol. The number of rotatable bonds is 9. The largest absolute Gasteiger partial charge is 0.484 e. The number of hydrogen-bond donors (Lipinski definition) is 3. The lowest BCUT2D eigenvalue weighted by atomic mass is 10.2. The van der Waals surface area contributed by atoms with Crippen molar-refractivity contribution in [3.05, 3.63) is 83.9 Å². The molecule has 0 aliphatic heterocycles. The van der Waals surface area contributed by atoms with Gasteiger partial charge in [-0.05, 0) is 43.3 Å². The number of anilines is 2. The average molecular weight is 464 g/mol. The van der Waals surface area contributed by atoms with Gasteiger partial charge in [0.2, 0.25) is 5.91 Å². The number of benzene rings is 3. The normalized spacial score (nSPS) is 10.2. The van der Waals surface area contributed by atoms with Crippen molar-refractivity contribution in [2.24, 2.45) is 0 Å². The van der Waals surface area contributed by atoms with Crippen LogP contribution in [0.2, 0.25) is 0 Å². The Labute approximate surface area is 196 Å². The molecule has 0 fully saturated rings. The maximum atomic E-state index is 12.9. The van der Waals surface area contributed by atoms with Crippen molar-refractivity contribution in [1.29, 1.82) is 0 Å². The van der Waals surface area contributed by atoms with Gasteiger partial charge in [0.1, 0.15) is 5.75 Å². The Balaban J connectivity index is 1.61. The highest BCUT2D eigenvalue weighted by Gasteiger charge is 2.14. The third kappa shape index (κ3) is 7.40. The monoisotopic (exact) mass is 463 g/mol. The average Bonchev–Trinajstić information content (AvgIpc) is 2.83. The highest BCUT2D eigenvalue weighted by atomic mass is 32.2. The van der Waals surface area contributed by atoms with Crippen molar-refractivity contribution < 1.29 is 19.1 Å². The quantitative estimate of drug-likeness (QED) is 0.415. The molecule has 0 aliphatic carbocycles. The fourth-order valence-electron chi connectivity index (χ4n) is 2.84. The molecule has 0 atom stereocenters. The van der Waals surface area contributed by atoms with E-state index >= 15 is 0 Å². The minimum atomic E-state index is -0.305. The smallest absolute Gasteiger partial charge is 0.257 e. The molecule has 3 rings (SSSR count). The van der Waals surface area contributed by atoms with Crippen LogP contribution in [0, 0.1) is 6.92 Å². The summed E-state index contributed by atoms with van der Waals surface area (Å²) in [6, 6.07) is 21.5. The second kappa shape index (κ2) is 11.7. The van der Waals surface area contributed by atoms with Gasteiger partial charge >= 0.3 is 0 Å². The topological polar surface area (TPSA) is 96.5 Å². The van der Waals surface area contributed by atoms with Crippen molar-refractivity contribution in [3.63, 3.8) is 0 Å². The molecule has 0 spiro atoms. The van der Waals surface area contributed by atoms with Crippen LogP contribution >= 0.6 is 11.8 Å². The molecule has 3 aromatic rings. The van der Waals surface area contributed by atoms with Crippen molar-refractivity contribution in [3.8, 4) is 5.75 Å². The molecule has 0 aromatic heterocycles. The number of ether oxygens (including phenoxy) is 1. The van der Waals surface area contributed by atoms with Gasteiger partial charge in [-0.1, -0.05) is 35.9 Å². The van der Waals surface area contributed by atoms with Crippen molar-refractivity contribution in [2.75, 3.05) is 30.0 Å². The Hall–Kier alpha value is -3.78. The third-order valence-electron chi connectivity index (χ3n) is 4.57. The molecule has 0 unspecified atom stereocenters. The van der Waals surface area contributed by atoms with Gasteiger partial charge in [-0.2, -0.15) is 0 Å². The number of hydrogen-bond acceptors (Lipinski definition) is 5. The summed E-state index contributed by atoms with van der Waals surface area (Å²) in [5, 5.41) is 8.18. The Morgan fingerprint density at radius 3 is 2.36 bits per heavy atom. The van der Waals surface area contributed by atoms with Gasteiger partial charge in [-0.15, -0.1) is 11.8 Å². The maximum Gasteiger partial charge on any atom is 0.257 e. The summed E-state index contributed by atoms with van der Waals surface area (Å²) in [5.74, 6) is -0.0739. The minimum absolute atomic E-state index is 0.113. The number of thioether (sulfide) groups is 1. The number of carbonyl (C=O) groups excluding carboxylic acids is 3. The summed E-state index contributed by atoms with van der Waals surface area (Å²) in [5.41, 5.74) is 2.84. The molecule has 0 heterocycles. The van der Waals surface area contributed by atoms with Crippen LogP contribution in [0.15, 0.2) is 77.7 Å². The molecule has 0 aliphatic rings. The van der Waals surface area contributed by atoms with Gasteiger partial charge in [0, 0.05) is 29.4 Å². The van der Waals surface area contributed by atoms with E-state index in [-0.39, 0.29) is 30.1 Å². The van der Waals surface area contributed by atoms with Crippen LogP contribution in [0.3, 0.4) is 0 Å². The van der Waals surface area contributed by atoms with Crippen LogP contribution in [-0.4, -0.2) is 37.1 Å². The van der Waals surface area contributed by atoms with Gasteiger partial charge in [0.25, 0.3) is 11.8 Å². The van der Waals surface area contributed by atoms with Crippen LogP contribution in [0.4, 0.5) is 11.4 Å². The summed E-state index contributed by atoms with van der Waals surface area (Å²) >= 11 is 1.29. The first-order valence-electron chi connectivity index (χ1n) is 10.3. The number of aryl methyl sites for hydroxylation is 1. The number of amides is 3. The fraction of sp³-hybridized carbons (Fsp3) is 0.160. The Kier molecular flexibility index (Phi) is 8.49. The Morgan fingerprint density at radius 1 is 0.848 bits per heavy atom. The summed E-state index contributed by atoms with van der Waals surface area (Å²) in [4.78, 5) is 37.3. The molecule has 33 heavy (non-hydrogen) atoms. The van der Waals surface area contributed by atoms with E-state index in [0.717, 1.165) is 11.3 Å². The number of nitrogens with one attached hydrogen (secondary N) is 3. The highest BCUT2D eigenvalue weighted by Crippen LogP contribution is 2.25. The number of carbonyl (C=O) groups is 3. The summed E-state index contributed by atoms with van der Waals surface area (Å²) in [7, 11) is 1.53. The van der Waals surface area contributed by atoms with Gasteiger partial charge < -0.3 is 20.7 Å². The molecular weight excluding hydrogens is 438 g/mol. The molecule has 3 aromatic carbocycles. The van der Waals surface area contributed by atoms with Crippen LogP contribution < -0.4 is 20.7 Å². The lowest BCUT2D eigenvalue weighted by Gasteiger charge is -2.11. The van der Waals surface area contributed by atoms with Crippen molar-refractivity contribution in [1.82, 2.24) is 5.32 Å². The van der Waals surface area contributed by atoms with E-state index in [1.165, 1.54) is 18.8 Å². The van der Waals surface area contributed by atoms with Crippen molar-refractivity contribution in [2.45, 2.75) is 11.8 Å². The van der Waals surface area contributed by atoms with E-state index in [2.05, 4.69) is 16.0 Å². The maximum absolute atomic E-state index is 12.9. The molecule has 0 saturated carbocycles. The molecule has 3 amide bonds. The predicted octanol–water partition coefficient (Wildman–Crippen LogP) is 4.10. The fourth-order valence-corrected chi connectivity index (χ4v) is 3.69. The molecule has 3 N–H and O–H groups in total. The SMILES string of the molecule is CNC(=O)COc1cccc(NC(=O)c2ccccc2SCC(=O)Nc2ccc(C)cc2)c1. The highest BCUT2D eigenvalue weighted by molar-refractivity contribution is 8.00. The molecule has 0 saturated heterocycles. The molecule has 7 nitrogen and oxygen atoms in total. The van der Waals surface area contributed by atoms with Crippen LogP contribution in [0.25, 0.3) is 0 Å². The molecule has 8 heteroatoms. The second-order valence-electron chi connectivity index (χ2n) is 7.14. The standard InChI is InChI=1S/C25H25N3O4S/c1-17-10-12-18(13-11-17)27-24(30)16-33-22-9-4-3-8-21(22)25(31)28-19-6-5-7-20(14-19)32-15-23(29)26-2/h3-14H,15-16H2,1-2H3,(H,26,29)(H,27,30)(H,28,31). The van der Waals surface area contributed by atoms with Crippen LogP contribution in [-0.2, 0) is 9.59 Å². The Bertz CT molecular complexity index is 1130. The molecule has 170 valence electrons. The molecule has 0 radical (unpaired) electrons. The van der Waals surface area contributed by atoms with E-state index < -0.39 is 0 Å². The van der Waals surface area contributed by atoms with Crippen LogP contribution in [0.5, 0.6) is 5.75 Å². The summed E-state index contributed by atoms with van der Waals surface area (Å²) < 4.78 is 5.42. The lowest BCUT2D eigenvalue weighted by molar-refractivity contribution is -0.122. The van der Waals surface area contributed by atoms with E-state index in [9.17, 15) is 14.4 Å². The molecule has 0 bridgehead atoms. The van der Waals surface area contributed by atoms with Crippen LogP contribution in [0.1, 0.15) is 15.9 Å². The Morgan fingerprint density at radius 2 is 1.61 bits per heavy atom. The first-order valence-corrected chi connectivity index (χ1v) is 11.3. The van der Waals surface area contributed by atoms with Crippen molar-refractivity contribution >= 4 is 40.9 Å². The zero-order chi connectivity index (χ0) is 23.6. The van der Waals surface area contributed by atoms with E-state index in [1.807, 2.05) is 43.3 Å². The number of likely N-dealkylation sites (N-methyl/N-ethyl adjacent to an activating group) is 1. The summed E-state index contributed by atoms with van der Waals surface area (Å²) in [6.07, 6.45) is 0. The molecular formula is C25H25N3O4S. The van der Waals surface area contributed by atoms with Gasteiger partial charge in [0.05, 0.1) is 11.3 Å². The summed E-state index contributed by atoms with van der Waals surface area (Å²) in [6.45, 7) is 1.87. The van der Waals surface area contributed by atoms with Gasteiger partial charge in [-0.25, -0.2) is 0 Å². The minimum Gasteiger partial charge on any atom is -0.484 e. The van der Waals surface area contributed by atoms with E-state index in [0.29, 0.717) is 21.9 Å². The second-order valence-corrected chi connectivity index (χ2v) is 8.16. The van der Waals surface area contributed by atoms with E-state index in [4.69, 9.17) is 4.74 Å². The first-order chi connectivity index (χ1) is 15.9. The first kappa shape index (κ1) is 23.9. The van der Waals surface area contributed by atoms with Gasteiger partial charge in [0.15, 0.2) is 6.61 Å². The zero-order valence-electron chi connectivity index (χ0n) is 18.4. The lowest BCUT2D eigenvalue weighted by Crippen LogP contribution is -2.24. The van der Waals surface area contributed by atoms with Gasteiger partial charge in [-0.3, -0.25) is 14.4 Å².